The van der Waals surface area contributed by atoms with Crippen molar-refractivity contribution in [1.82, 2.24) is 0 Å². The predicted octanol–water partition coefficient (Wildman–Crippen LogP) is 1.88. The van der Waals surface area contributed by atoms with Crippen LogP contribution < -0.4 is 0 Å². The Bertz CT molecular complexity index is 168. The van der Waals surface area contributed by atoms with Gasteiger partial charge in [-0.15, -0.1) is 0 Å². The van der Waals surface area contributed by atoms with Crippen molar-refractivity contribution < 1.29 is 19.3 Å². The second-order valence-corrected chi connectivity index (χ2v) is 5.26. The molecule has 0 aliphatic heterocycles. The second-order valence-electron chi connectivity index (χ2n) is 3.15. The molecule has 0 heterocycles. The second kappa shape index (κ2) is 10.6. The van der Waals surface area contributed by atoms with E-state index in [2.05, 4.69) is 9.93 Å². The van der Waals surface area contributed by atoms with E-state index in [1.807, 2.05) is 18.7 Å². The van der Waals surface area contributed by atoms with E-state index in [9.17, 15) is 4.79 Å². The standard InChI is InChI=1S/C9H18O4SSi/c1-8(9(2)10)7-14-5-4-6-15-13-12-11-3/h8H,4-7H2,1-3H3. The van der Waals surface area contributed by atoms with Crippen molar-refractivity contribution in [2.45, 2.75) is 26.3 Å². The van der Waals surface area contributed by atoms with E-state index in [4.69, 9.17) is 4.58 Å². The third kappa shape index (κ3) is 10.4. The molecule has 0 aliphatic carbocycles. The van der Waals surface area contributed by atoms with Gasteiger partial charge in [0.25, 0.3) is 9.76 Å². The Balaban J connectivity index is 3.08. The van der Waals surface area contributed by atoms with Crippen molar-refractivity contribution in [1.29, 1.82) is 0 Å². The molecule has 0 N–H and O–H groups in total. The number of carbonyl (C=O) groups is 1. The van der Waals surface area contributed by atoms with Gasteiger partial charge in [0.05, 0.1) is 7.11 Å². The smallest absolute Gasteiger partial charge is 0.287 e. The van der Waals surface area contributed by atoms with Crippen LogP contribution in [0.3, 0.4) is 0 Å². The van der Waals surface area contributed by atoms with Crippen LogP contribution in [-0.4, -0.2) is 34.2 Å². The summed E-state index contributed by atoms with van der Waals surface area (Å²) in [5.74, 6) is 2.40. The van der Waals surface area contributed by atoms with E-state index in [1.165, 1.54) is 7.11 Å². The van der Waals surface area contributed by atoms with Crippen molar-refractivity contribution in [2.24, 2.45) is 5.92 Å². The zero-order valence-electron chi connectivity index (χ0n) is 9.45. The lowest BCUT2D eigenvalue weighted by atomic mass is 10.1. The summed E-state index contributed by atoms with van der Waals surface area (Å²) in [5.41, 5.74) is 0. The van der Waals surface area contributed by atoms with Gasteiger partial charge in [0.1, 0.15) is 5.78 Å². The van der Waals surface area contributed by atoms with Crippen molar-refractivity contribution in [2.75, 3.05) is 18.6 Å². The van der Waals surface area contributed by atoms with Gasteiger partial charge in [0, 0.05) is 11.7 Å². The van der Waals surface area contributed by atoms with Gasteiger partial charge in [-0.1, -0.05) is 12.0 Å². The molecule has 1 unspecified atom stereocenters. The highest BCUT2D eigenvalue weighted by molar-refractivity contribution is 7.99. The van der Waals surface area contributed by atoms with Crippen LogP contribution in [0.15, 0.2) is 0 Å². The van der Waals surface area contributed by atoms with Crippen LogP contribution in [0, 0.1) is 5.92 Å². The molecule has 4 nitrogen and oxygen atoms in total. The lowest BCUT2D eigenvalue weighted by molar-refractivity contribution is -0.456. The highest BCUT2D eigenvalue weighted by Gasteiger charge is 2.06. The van der Waals surface area contributed by atoms with Gasteiger partial charge in [-0.25, -0.2) is 4.89 Å². The van der Waals surface area contributed by atoms with Gasteiger partial charge < -0.3 is 0 Å². The van der Waals surface area contributed by atoms with Crippen LogP contribution in [0.5, 0.6) is 0 Å². The molecule has 2 radical (unpaired) electrons. The van der Waals surface area contributed by atoms with Gasteiger partial charge in [0.15, 0.2) is 0 Å². The SMILES string of the molecule is COOO[Si]CCCSCC(C)C(C)=O. The first-order valence-corrected chi connectivity index (χ1v) is 7.13. The Labute approximate surface area is 97.8 Å². The highest BCUT2D eigenvalue weighted by Crippen LogP contribution is 2.11. The third-order valence-electron chi connectivity index (χ3n) is 1.79. The quantitative estimate of drug-likeness (QED) is 0.256. The number of carbonyl (C=O) groups excluding carboxylic acids is 1. The monoisotopic (exact) mass is 250 g/mol. The molecular formula is C9H18O4SSi. The first-order chi connectivity index (χ1) is 7.18. The van der Waals surface area contributed by atoms with Crippen LogP contribution in [0.4, 0.5) is 0 Å². The van der Waals surface area contributed by atoms with Crippen molar-refractivity contribution in [3.63, 3.8) is 0 Å². The summed E-state index contributed by atoms with van der Waals surface area (Å²) in [6.07, 6.45) is 1.07. The lowest BCUT2D eigenvalue weighted by Crippen LogP contribution is -2.09. The summed E-state index contributed by atoms with van der Waals surface area (Å²) in [6.45, 7) is 3.61. The zero-order valence-corrected chi connectivity index (χ0v) is 11.3. The molecule has 0 aromatic heterocycles. The van der Waals surface area contributed by atoms with E-state index in [0.29, 0.717) is 9.76 Å². The molecule has 88 valence electrons. The minimum atomic E-state index is 0.172. The molecule has 0 spiro atoms. The number of hydrogen-bond acceptors (Lipinski definition) is 5. The van der Waals surface area contributed by atoms with Crippen LogP contribution in [0.25, 0.3) is 0 Å². The minimum Gasteiger partial charge on any atom is -0.300 e. The van der Waals surface area contributed by atoms with E-state index >= 15 is 0 Å². The number of rotatable bonds is 10. The number of hydrogen-bond donors (Lipinski definition) is 0. The summed E-state index contributed by atoms with van der Waals surface area (Å²) in [7, 11) is 1.72. The molecule has 0 saturated heterocycles. The van der Waals surface area contributed by atoms with E-state index in [0.717, 1.165) is 24.0 Å². The molecular weight excluding hydrogens is 232 g/mol. The van der Waals surface area contributed by atoms with Crippen molar-refractivity contribution in [3.8, 4) is 0 Å². The maximum absolute atomic E-state index is 10.9. The van der Waals surface area contributed by atoms with Gasteiger partial charge >= 0.3 is 0 Å². The highest BCUT2D eigenvalue weighted by atomic mass is 32.2. The summed E-state index contributed by atoms with van der Waals surface area (Å²) in [5, 5.41) is 4.27. The summed E-state index contributed by atoms with van der Waals surface area (Å²) < 4.78 is 4.69. The average molecular weight is 250 g/mol. The van der Waals surface area contributed by atoms with Gasteiger partial charge in [0.2, 0.25) is 0 Å². The largest absolute Gasteiger partial charge is 0.300 e. The number of Topliss-reactive ketones (excluding diaryl/α,β-unsaturated/α-hetero) is 1. The minimum absolute atomic E-state index is 0.172. The number of thioether (sulfide) groups is 1. The fraction of sp³-hybridized carbons (Fsp3) is 0.889. The van der Waals surface area contributed by atoms with Crippen LogP contribution >= 0.6 is 11.8 Å². The molecule has 0 aliphatic rings. The molecule has 0 amide bonds. The maximum Gasteiger partial charge on any atom is 0.287 e. The normalized spacial score (nSPS) is 12.7. The number of ketones is 1. The predicted molar refractivity (Wildman–Crippen MR) is 61.5 cm³/mol. The van der Waals surface area contributed by atoms with Crippen LogP contribution in [0.2, 0.25) is 6.04 Å². The fourth-order valence-electron chi connectivity index (χ4n) is 0.724. The Morgan fingerprint density at radius 1 is 1.53 bits per heavy atom. The zero-order chi connectivity index (χ0) is 11.5. The van der Waals surface area contributed by atoms with Crippen molar-refractivity contribution in [3.05, 3.63) is 0 Å². The third-order valence-corrected chi connectivity index (χ3v) is 3.85. The average Bonchev–Trinajstić information content (AvgIpc) is 2.21. The Hall–Kier alpha value is 0.117. The van der Waals surface area contributed by atoms with E-state index < -0.39 is 0 Å². The molecule has 0 aromatic carbocycles. The molecule has 0 aromatic rings. The van der Waals surface area contributed by atoms with Crippen LogP contribution in [0.1, 0.15) is 20.3 Å². The Morgan fingerprint density at radius 3 is 2.87 bits per heavy atom. The molecule has 0 rings (SSSR count). The van der Waals surface area contributed by atoms with E-state index in [1.54, 1.807) is 6.92 Å². The van der Waals surface area contributed by atoms with E-state index in [-0.39, 0.29) is 11.7 Å². The Morgan fingerprint density at radius 2 is 2.27 bits per heavy atom. The fourth-order valence-corrected chi connectivity index (χ4v) is 2.60. The lowest BCUT2D eigenvalue weighted by Gasteiger charge is -2.06. The first kappa shape index (κ1) is 15.1. The molecule has 15 heavy (non-hydrogen) atoms. The topological polar surface area (TPSA) is 44.8 Å². The summed E-state index contributed by atoms with van der Waals surface area (Å²) in [4.78, 5) is 15.2. The van der Waals surface area contributed by atoms with Gasteiger partial charge in [-0.3, -0.25) is 9.37 Å². The van der Waals surface area contributed by atoms with Crippen molar-refractivity contribution >= 4 is 27.3 Å². The Kier molecular flexibility index (Phi) is 10.7. The molecule has 6 heteroatoms. The van der Waals surface area contributed by atoms with Gasteiger partial charge in [-0.05, 0) is 25.1 Å². The van der Waals surface area contributed by atoms with Crippen LogP contribution in [-0.2, 0) is 19.3 Å². The first-order valence-electron chi connectivity index (χ1n) is 4.86. The molecule has 1 atom stereocenters. The molecule has 0 bridgehead atoms. The molecule has 0 fully saturated rings. The summed E-state index contributed by atoms with van der Waals surface area (Å²) >= 11 is 1.81. The molecule has 0 saturated carbocycles. The van der Waals surface area contributed by atoms with Gasteiger partial charge in [-0.2, -0.15) is 11.8 Å². The summed E-state index contributed by atoms with van der Waals surface area (Å²) in [6, 6.07) is 0.963. The maximum atomic E-state index is 10.9.